The largest absolute Gasteiger partial charge is 0.496 e. The van der Waals surface area contributed by atoms with Gasteiger partial charge in [0.1, 0.15) is 11.5 Å². The van der Waals surface area contributed by atoms with Crippen LogP contribution in [0, 0.1) is 0 Å². The first-order valence-electron chi connectivity index (χ1n) is 16.1. The van der Waals surface area contributed by atoms with E-state index in [0.29, 0.717) is 0 Å². The van der Waals surface area contributed by atoms with E-state index in [-0.39, 0.29) is 0 Å². The second-order valence-electron chi connectivity index (χ2n) is 11.3. The molecule has 1 heterocycles. The Bertz CT molecular complexity index is 1300. The molecule has 1 aliphatic rings. The minimum Gasteiger partial charge on any atom is -0.496 e. The maximum atomic E-state index is 5.79. The van der Waals surface area contributed by atoms with Gasteiger partial charge in [0.05, 0.1) is 14.2 Å². The van der Waals surface area contributed by atoms with Crippen LogP contribution in [0.1, 0.15) is 68.7 Å². The quantitative estimate of drug-likeness (QED) is 0.168. The van der Waals surface area contributed by atoms with Crippen LogP contribution in [0.15, 0.2) is 60.7 Å². The van der Waals surface area contributed by atoms with E-state index in [2.05, 4.69) is 120 Å². The van der Waals surface area contributed by atoms with Crippen LogP contribution in [0.2, 0.25) is 0 Å². The lowest BCUT2D eigenvalue weighted by Crippen LogP contribution is -2.46. The van der Waals surface area contributed by atoms with Crippen LogP contribution in [-0.4, -0.2) is 64.9 Å². The Balaban J connectivity index is 1.45. The van der Waals surface area contributed by atoms with E-state index in [4.69, 9.17) is 9.47 Å². The van der Waals surface area contributed by atoms with E-state index < -0.39 is 0 Å². The van der Waals surface area contributed by atoms with E-state index in [1.807, 2.05) is 0 Å². The molecule has 230 valence electrons. The van der Waals surface area contributed by atoms with Crippen molar-refractivity contribution in [3.63, 3.8) is 0 Å². The van der Waals surface area contributed by atoms with Crippen LogP contribution in [0.3, 0.4) is 0 Å². The number of piperazine rings is 1. The molecule has 5 nitrogen and oxygen atoms in total. The molecular formula is C38H51N3O2. The van der Waals surface area contributed by atoms with Crippen LogP contribution in [0.5, 0.6) is 11.5 Å². The fourth-order valence-corrected chi connectivity index (χ4v) is 5.56. The first kappa shape index (κ1) is 32.2. The number of hydrogen-bond acceptors (Lipinski definition) is 5. The van der Waals surface area contributed by atoms with Crippen molar-refractivity contribution in [1.82, 2.24) is 4.90 Å². The van der Waals surface area contributed by atoms with Crippen molar-refractivity contribution in [3.8, 4) is 11.5 Å². The van der Waals surface area contributed by atoms with Crippen LogP contribution < -0.4 is 19.3 Å². The minimum atomic E-state index is 0.819. The Labute approximate surface area is 260 Å². The van der Waals surface area contributed by atoms with Gasteiger partial charge in [-0.15, -0.1) is 0 Å². The van der Waals surface area contributed by atoms with Gasteiger partial charge in [-0.2, -0.15) is 0 Å². The van der Waals surface area contributed by atoms with Crippen molar-refractivity contribution in [2.75, 3.05) is 69.8 Å². The molecule has 0 amide bonds. The normalized spacial score (nSPS) is 14.1. The molecule has 0 spiro atoms. The van der Waals surface area contributed by atoms with Gasteiger partial charge in [-0.3, -0.25) is 0 Å². The van der Waals surface area contributed by atoms with Gasteiger partial charge < -0.3 is 24.2 Å². The summed E-state index contributed by atoms with van der Waals surface area (Å²) in [5, 5.41) is 0. The Morgan fingerprint density at radius 1 is 0.651 bits per heavy atom. The molecule has 0 aliphatic carbocycles. The highest BCUT2D eigenvalue weighted by Gasteiger charge is 2.15. The number of hydrogen-bond donors (Lipinski definition) is 0. The summed E-state index contributed by atoms with van der Waals surface area (Å²) >= 11 is 0. The summed E-state index contributed by atoms with van der Waals surface area (Å²) < 4.78 is 11.6. The summed E-state index contributed by atoms with van der Waals surface area (Å²) in [5.74, 6) is 1.64. The molecule has 0 radical (unpaired) electrons. The topological polar surface area (TPSA) is 28.2 Å². The molecule has 0 atom stereocenters. The van der Waals surface area contributed by atoms with Crippen molar-refractivity contribution >= 4 is 35.7 Å². The van der Waals surface area contributed by atoms with E-state index in [1.165, 1.54) is 37.1 Å². The predicted octanol–water partition coefficient (Wildman–Crippen LogP) is 8.59. The van der Waals surface area contributed by atoms with Gasteiger partial charge in [0.25, 0.3) is 0 Å². The number of unbranched alkanes of at least 4 members (excludes halogenated alkanes) is 2. The third-order valence-corrected chi connectivity index (χ3v) is 8.39. The third kappa shape index (κ3) is 9.14. The molecule has 1 saturated heterocycles. The number of rotatable bonds is 15. The highest BCUT2D eigenvalue weighted by atomic mass is 16.5. The third-order valence-electron chi connectivity index (χ3n) is 8.39. The maximum absolute atomic E-state index is 5.79. The van der Waals surface area contributed by atoms with E-state index in [1.54, 1.807) is 14.2 Å². The lowest BCUT2D eigenvalue weighted by atomic mass is 10.0. The summed E-state index contributed by atoms with van der Waals surface area (Å²) in [6.45, 7) is 14.6. The van der Waals surface area contributed by atoms with Crippen LogP contribution in [0.4, 0.5) is 11.4 Å². The monoisotopic (exact) mass is 581 g/mol. The van der Waals surface area contributed by atoms with Crippen LogP contribution in [-0.2, 0) is 0 Å². The molecule has 5 heteroatoms. The number of ether oxygens (including phenoxy) is 2. The van der Waals surface area contributed by atoms with Crippen molar-refractivity contribution in [2.24, 2.45) is 0 Å². The van der Waals surface area contributed by atoms with E-state index >= 15 is 0 Å². The number of methoxy groups -OCH3 is 2. The van der Waals surface area contributed by atoms with Gasteiger partial charge in [-0.05, 0) is 66.9 Å². The fraction of sp³-hybridized carbons (Fsp3) is 0.421. The van der Waals surface area contributed by atoms with E-state index in [0.717, 1.165) is 79.6 Å². The maximum Gasteiger partial charge on any atom is 0.126 e. The molecule has 3 aromatic carbocycles. The van der Waals surface area contributed by atoms with Crippen molar-refractivity contribution < 1.29 is 9.47 Å². The van der Waals surface area contributed by atoms with Gasteiger partial charge in [0.15, 0.2) is 0 Å². The number of nitrogens with zero attached hydrogens (tertiary/aromatic N) is 3. The Morgan fingerprint density at radius 3 is 1.58 bits per heavy atom. The van der Waals surface area contributed by atoms with Gasteiger partial charge in [0.2, 0.25) is 0 Å². The highest BCUT2D eigenvalue weighted by Crippen LogP contribution is 2.32. The Morgan fingerprint density at radius 2 is 1.14 bits per heavy atom. The van der Waals surface area contributed by atoms with Gasteiger partial charge >= 0.3 is 0 Å². The lowest BCUT2D eigenvalue weighted by molar-refractivity contribution is 0.271. The molecule has 0 N–H and O–H groups in total. The molecule has 43 heavy (non-hydrogen) atoms. The summed E-state index contributed by atoms with van der Waals surface area (Å²) in [6.07, 6.45) is 13.4. The Hall–Kier alpha value is -3.70. The average molecular weight is 582 g/mol. The first-order chi connectivity index (χ1) is 21.1. The number of benzene rings is 3. The first-order valence-corrected chi connectivity index (χ1v) is 16.1. The molecular weight excluding hydrogens is 530 g/mol. The second kappa shape index (κ2) is 16.8. The second-order valence-corrected chi connectivity index (χ2v) is 11.3. The van der Waals surface area contributed by atoms with Crippen LogP contribution in [0.25, 0.3) is 24.3 Å². The molecule has 3 aromatic rings. The standard InChI is InChI=1S/C38H51N3O2/c1-6-9-23-40(24-10-7-2)35-19-13-31(14-20-35)11-17-33-29-38(43-5)34(30-37(33)42-4)18-12-32-15-21-36(22-16-32)41-27-25-39(8-3)26-28-41/h11-22,29-30H,6-10,23-28H2,1-5H3/b17-11+,18-12+. The summed E-state index contributed by atoms with van der Waals surface area (Å²) in [5.41, 5.74) is 6.89. The van der Waals surface area contributed by atoms with Crippen LogP contribution >= 0.6 is 0 Å². The van der Waals surface area contributed by atoms with Crippen molar-refractivity contribution in [3.05, 3.63) is 82.9 Å². The number of anilines is 2. The SMILES string of the molecule is CCCCN(CCCC)c1ccc(/C=C/c2cc(OC)c(/C=C/c3ccc(N4CCN(CC)CC4)cc3)cc2OC)cc1. The molecule has 0 bridgehead atoms. The van der Waals surface area contributed by atoms with Gasteiger partial charge in [-0.25, -0.2) is 0 Å². The Kier molecular flexibility index (Phi) is 12.6. The van der Waals surface area contributed by atoms with E-state index in [9.17, 15) is 0 Å². The van der Waals surface area contributed by atoms with Gasteiger partial charge in [-0.1, -0.05) is 82.2 Å². The van der Waals surface area contributed by atoms with Crippen molar-refractivity contribution in [2.45, 2.75) is 46.5 Å². The molecule has 0 aromatic heterocycles. The summed E-state index contributed by atoms with van der Waals surface area (Å²) in [7, 11) is 3.45. The smallest absolute Gasteiger partial charge is 0.126 e. The zero-order valence-electron chi connectivity index (χ0n) is 27.0. The zero-order chi connectivity index (χ0) is 30.4. The van der Waals surface area contributed by atoms with Gasteiger partial charge in [0, 0.05) is 61.8 Å². The fourth-order valence-electron chi connectivity index (χ4n) is 5.56. The zero-order valence-corrected chi connectivity index (χ0v) is 27.0. The molecule has 0 unspecified atom stereocenters. The van der Waals surface area contributed by atoms with Crippen molar-refractivity contribution in [1.29, 1.82) is 0 Å². The summed E-state index contributed by atoms with van der Waals surface area (Å²) in [6, 6.07) is 21.8. The predicted molar refractivity (Wildman–Crippen MR) is 187 cm³/mol. The lowest BCUT2D eigenvalue weighted by Gasteiger charge is -2.35. The molecule has 1 aliphatic heterocycles. The summed E-state index contributed by atoms with van der Waals surface area (Å²) in [4.78, 5) is 7.50. The minimum absolute atomic E-state index is 0.819. The molecule has 4 rings (SSSR count). The molecule has 0 saturated carbocycles. The number of likely N-dealkylation sites (N-methyl/N-ethyl adjacent to an activating group) is 1. The average Bonchev–Trinajstić information content (AvgIpc) is 3.07. The molecule has 1 fully saturated rings. The highest BCUT2D eigenvalue weighted by molar-refractivity contribution is 5.79.